The van der Waals surface area contributed by atoms with Crippen molar-refractivity contribution in [3.63, 3.8) is 0 Å². The van der Waals surface area contributed by atoms with Crippen molar-refractivity contribution < 1.29 is 9.18 Å². The Morgan fingerprint density at radius 3 is 2.59 bits per heavy atom. The molecular formula is C18H19FN2O. The van der Waals surface area contributed by atoms with Gasteiger partial charge in [0.1, 0.15) is 0 Å². The number of rotatable bonds is 2. The maximum absolute atomic E-state index is 13.7. The molecule has 4 heteroatoms. The number of pyridine rings is 1. The first-order chi connectivity index (χ1) is 10.7. The highest BCUT2D eigenvalue weighted by Crippen LogP contribution is 2.30. The predicted molar refractivity (Wildman–Crippen MR) is 83.3 cm³/mol. The van der Waals surface area contributed by atoms with Gasteiger partial charge < -0.3 is 4.90 Å². The minimum atomic E-state index is -0.548. The van der Waals surface area contributed by atoms with Crippen molar-refractivity contribution in [1.29, 1.82) is 0 Å². The summed E-state index contributed by atoms with van der Waals surface area (Å²) >= 11 is 0. The van der Waals surface area contributed by atoms with Gasteiger partial charge in [0.05, 0.1) is 0 Å². The molecule has 1 saturated heterocycles. The number of nitrogens with zero attached hydrogens (tertiary/aromatic N) is 2. The quantitative estimate of drug-likeness (QED) is 0.849. The molecule has 2 aromatic rings. The fraction of sp³-hybridized carbons (Fsp3) is 0.333. The number of carbonyl (C=O) groups excluding carboxylic acids is 1. The van der Waals surface area contributed by atoms with Gasteiger partial charge in [0.25, 0.3) is 5.91 Å². The SMILES string of the molecule is Cc1ccccc1C1CCN(C(=O)c2ncccc2F)CC1. The van der Waals surface area contributed by atoms with Crippen molar-refractivity contribution in [2.24, 2.45) is 0 Å². The van der Waals surface area contributed by atoms with E-state index in [-0.39, 0.29) is 11.6 Å². The van der Waals surface area contributed by atoms with Crippen LogP contribution in [0.1, 0.15) is 40.4 Å². The second-order valence-electron chi connectivity index (χ2n) is 5.76. The Morgan fingerprint density at radius 1 is 1.18 bits per heavy atom. The molecule has 0 spiro atoms. The molecule has 0 bridgehead atoms. The maximum atomic E-state index is 13.7. The smallest absolute Gasteiger partial charge is 0.275 e. The molecule has 0 unspecified atom stereocenters. The van der Waals surface area contributed by atoms with Crippen LogP contribution < -0.4 is 0 Å². The van der Waals surface area contributed by atoms with E-state index in [1.807, 2.05) is 6.07 Å². The van der Waals surface area contributed by atoms with Crippen molar-refractivity contribution >= 4 is 5.91 Å². The second kappa shape index (κ2) is 6.26. The predicted octanol–water partition coefficient (Wildman–Crippen LogP) is 3.55. The molecule has 1 aromatic carbocycles. The largest absolute Gasteiger partial charge is 0.337 e. The molecule has 1 amide bonds. The minimum Gasteiger partial charge on any atom is -0.337 e. The number of piperidine rings is 1. The van der Waals surface area contributed by atoms with Crippen molar-refractivity contribution in [3.8, 4) is 0 Å². The van der Waals surface area contributed by atoms with Crippen LogP contribution in [0.3, 0.4) is 0 Å². The first-order valence-electron chi connectivity index (χ1n) is 7.62. The molecule has 3 nitrogen and oxygen atoms in total. The number of hydrogen-bond acceptors (Lipinski definition) is 2. The average molecular weight is 298 g/mol. The monoisotopic (exact) mass is 298 g/mol. The molecule has 0 N–H and O–H groups in total. The molecule has 2 heterocycles. The van der Waals surface area contributed by atoms with Gasteiger partial charge in [-0.05, 0) is 48.9 Å². The van der Waals surface area contributed by atoms with Crippen molar-refractivity contribution in [2.75, 3.05) is 13.1 Å². The summed E-state index contributed by atoms with van der Waals surface area (Å²) in [6.07, 6.45) is 3.27. The van der Waals surface area contributed by atoms with Gasteiger partial charge in [-0.3, -0.25) is 4.79 Å². The van der Waals surface area contributed by atoms with Gasteiger partial charge >= 0.3 is 0 Å². The van der Waals surface area contributed by atoms with Crippen LogP contribution in [0.4, 0.5) is 4.39 Å². The summed E-state index contributed by atoms with van der Waals surface area (Å²) in [6, 6.07) is 11.2. The molecule has 3 rings (SSSR count). The zero-order valence-electron chi connectivity index (χ0n) is 12.6. The summed E-state index contributed by atoms with van der Waals surface area (Å²) in [6.45, 7) is 3.41. The lowest BCUT2D eigenvalue weighted by molar-refractivity contribution is 0.0701. The van der Waals surface area contributed by atoms with Crippen LogP contribution in [0.2, 0.25) is 0 Å². The lowest BCUT2D eigenvalue weighted by atomic mass is 9.87. The van der Waals surface area contributed by atoms with Gasteiger partial charge in [-0.25, -0.2) is 9.37 Å². The summed E-state index contributed by atoms with van der Waals surface area (Å²) in [4.78, 5) is 17.9. The maximum Gasteiger partial charge on any atom is 0.275 e. The Hall–Kier alpha value is -2.23. The third-order valence-electron chi connectivity index (χ3n) is 4.37. The Labute approximate surface area is 129 Å². The fourth-order valence-electron chi connectivity index (χ4n) is 3.13. The van der Waals surface area contributed by atoms with Crippen LogP contribution in [0.15, 0.2) is 42.6 Å². The lowest BCUT2D eigenvalue weighted by Gasteiger charge is -2.32. The van der Waals surface area contributed by atoms with E-state index in [0.29, 0.717) is 19.0 Å². The van der Waals surface area contributed by atoms with E-state index < -0.39 is 5.82 Å². The highest BCUT2D eigenvalue weighted by atomic mass is 19.1. The number of benzene rings is 1. The Kier molecular flexibility index (Phi) is 4.18. The first-order valence-corrected chi connectivity index (χ1v) is 7.62. The zero-order chi connectivity index (χ0) is 15.5. The number of amides is 1. The van der Waals surface area contributed by atoms with Crippen LogP contribution in [0, 0.1) is 12.7 Å². The molecule has 0 saturated carbocycles. The van der Waals surface area contributed by atoms with Gasteiger partial charge in [-0.15, -0.1) is 0 Å². The molecule has 0 atom stereocenters. The second-order valence-corrected chi connectivity index (χ2v) is 5.76. The summed E-state index contributed by atoms with van der Waals surface area (Å²) in [5, 5.41) is 0. The van der Waals surface area contributed by atoms with Crippen LogP contribution in [0.25, 0.3) is 0 Å². The molecule has 114 valence electrons. The lowest BCUT2D eigenvalue weighted by Crippen LogP contribution is -2.38. The number of hydrogen-bond donors (Lipinski definition) is 0. The van der Waals surface area contributed by atoms with E-state index in [2.05, 4.69) is 30.1 Å². The summed E-state index contributed by atoms with van der Waals surface area (Å²) in [5.74, 6) is -0.381. The van der Waals surface area contributed by atoms with Gasteiger partial charge in [0.2, 0.25) is 0 Å². The molecule has 0 aliphatic carbocycles. The van der Waals surface area contributed by atoms with Gasteiger partial charge in [-0.1, -0.05) is 24.3 Å². The highest BCUT2D eigenvalue weighted by Gasteiger charge is 2.27. The molecule has 22 heavy (non-hydrogen) atoms. The van der Waals surface area contributed by atoms with Gasteiger partial charge in [0.15, 0.2) is 11.5 Å². The molecule has 0 radical (unpaired) electrons. The minimum absolute atomic E-state index is 0.0724. The van der Waals surface area contributed by atoms with Crippen molar-refractivity contribution in [1.82, 2.24) is 9.88 Å². The number of carbonyl (C=O) groups is 1. The highest BCUT2D eigenvalue weighted by molar-refractivity contribution is 5.92. The third kappa shape index (κ3) is 2.86. The van der Waals surface area contributed by atoms with E-state index in [0.717, 1.165) is 12.8 Å². The van der Waals surface area contributed by atoms with Crippen molar-refractivity contribution in [3.05, 3.63) is 65.2 Å². The first kappa shape index (κ1) is 14.7. The van der Waals surface area contributed by atoms with Gasteiger partial charge in [-0.2, -0.15) is 0 Å². The molecule has 1 aliphatic heterocycles. The fourth-order valence-corrected chi connectivity index (χ4v) is 3.13. The average Bonchev–Trinajstić information content (AvgIpc) is 2.55. The Bertz CT molecular complexity index is 678. The van der Waals surface area contributed by atoms with Crippen molar-refractivity contribution in [2.45, 2.75) is 25.7 Å². The molecular weight excluding hydrogens is 279 g/mol. The number of aryl methyl sites for hydroxylation is 1. The summed E-state index contributed by atoms with van der Waals surface area (Å²) in [7, 11) is 0. The molecule has 1 aliphatic rings. The molecule has 1 fully saturated rings. The molecule has 1 aromatic heterocycles. The van der Waals surface area contributed by atoms with E-state index in [1.165, 1.54) is 29.5 Å². The Balaban J connectivity index is 1.68. The number of halogens is 1. The van der Waals surface area contributed by atoms with E-state index in [1.54, 1.807) is 4.90 Å². The topological polar surface area (TPSA) is 33.2 Å². The Morgan fingerprint density at radius 2 is 1.91 bits per heavy atom. The van der Waals surface area contributed by atoms with Crippen LogP contribution in [-0.4, -0.2) is 28.9 Å². The van der Waals surface area contributed by atoms with E-state index in [4.69, 9.17) is 0 Å². The normalized spacial score (nSPS) is 15.8. The number of likely N-dealkylation sites (tertiary alicyclic amines) is 1. The summed E-state index contributed by atoms with van der Waals surface area (Å²) in [5.41, 5.74) is 2.58. The van der Waals surface area contributed by atoms with E-state index in [9.17, 15) is 9.18 Å². The standard InChI is InChI=1S/C18H19FN2O/c1-13-5-2-3-6-15(13)14-8-11-21(12-9-14)18(22)17-16(19)7-4-10-20-17/h2-7,10,14H,8-9,11-12H2,1H3. The van der Waals surface area contributed by atoms with E-state index >= 15 is 0 Å². The third-order valence-corrected chi connectivity index (χ3v) is 4.37. The van der Waals surface area contributed by atoms with Crippen LogP contribution >= 0.6 is 0 Å². The number of aromatic nitrogens is 1. The summed E-state index contributed by atoms with van der Waals surface area (Å²) < 4.78 is 13.7. The zero-order valence-corrected chi connectivity index (χ0v) is 12.6. The van der Waals surface area contributed by atoms with Crippen LogP contribution in [-0.2, 0) is 0 Å². The van der Waals surface area contributed by atoms with Crippen LogP contribution in [0.5, 0.6) is 0 Å². The van der Waals surface area contributed by atoms with Gasteiger partial charge in [0, 0.05) is 19.3 Å².